The summed E-state index contributed by atoms with van der Waals surface area (Å²) in [6, 6.07) is 11.7. The summed E-state index contributed by atoms with van der Waals surface area (Å²) in [6.07, 6.45) is 7.07. The van der Waals surface area contributed by atoms with Crippen LogP contribution in [0, 0.1) is 12.3 Å². The fourth-order valence-electron chi connectivity index (χ4n) is 4.02. The average Bonchev–Trinajstić information content (AvgIpc) is 3.17. The Morgan fingerprint density at radius 3 is 2.59 bits per heavy atom. The molecule has 0 bridgehead atoms. The number of hydrogen-bond donors (Lipinski definition) is 0. The third-order valence-electron chi connectivity index (χ3n) is 5.58. The number of esters is 1. The van der Waals surface area contributed by atoms with Gasteiger partial charge in [-0.25, -0.2) is 9.79 Å². The fraction of sp³-hybridized carbons (Fsp3) is 0.250. The minimum Gasteiger partial charge on any atom is -0.490 e. The molecule has 1 atom stereocenters. The first-order chi connectivity index (χ1) is 17.9. The first-order valence-corrected chi connectivity index (χ1v) is 12.9. The van der Waals surface area contributed by atoms with Crippen LogP contribution in [0.5, 0.6) is 11.5 Å². The molecule has 1 aromatic heterocycles. The van der Waals surface area contributed by atoms with E-state index >= 15 is 0 Å². The third-order valence-corrected chi connectivity index (χ3v) is 6.81. The van der Waals surface area contributed by atoms with Gasteiger partial charge in [0.15, 0.2) is 16.3 Å². The van der Waals surface area contributed by atoms with E-state index in [0.29, 0.717) is 43.7 Å². The van der Waals surface area contributed by atoms with Crippen LogP contribution in [0.25, 0.3) is 6.08 Å². The molecule has 0 spiro atoms. The van der Waals surface area contributed by atoms with E-state index in [0.717, 1.165) is 11.1 Å². The molecule has 0 fully saturated rings. The number of halogens is 1. The van der Waals surface area contributed by atoms with Crippen molar-refractivity contribution in [3.63, 3.8) is 0 Å². The Labute approximate surface area is 223 Å². The summed E-state index contributed by atoms with van der Waals surface area (Å²) in [6.45, 7) is 6.11. The molecule has 37 heavy (non-hydrogen) atoms. The summed E-state index contributed by atoms with van der Waals surface area (Å²) in [5.41, 5.74) is 2.01. The summed E-state index contributed by atoms with van der Waals surface area (Å²) >= 11 is 7.35. The molecule has 1 aliphatic rings. The van der Waals surface area contributed by atoms with Gasteiger partial charge in [-0.1, -0.05) is 47.1 Å². The van der Waals surface area contributed by atoms with E-state index in [4.69, 9.17) is 32.2 Å². The Kier molecular flexibility index (Phi) is 8.17. The molecular weight excluding hydrogens is 512 g/mol. The quantitative estimate of drug-likeness (QED) is 0.323. The highest BCUT2D eigenvalue weighted by Crippen LogP contribution is 2.32. The maximum atomic E-state index is 13.7. The van der Waals surface area contributed by atoms with Crippen LogP contribution in [0.15, 0.2) is 63.5 Å². The molecule has 0 aliphatic carbocycles. The molecule has 0 saturated heterocycles. The van der Waals surface area contributed by atoms with Crippen molar-refractivity contribution in [3.05, 3.63) is 89.6 Å². The second kappa shape index (κ2) is 11.5. The van der Waals surface area contributed by atoms with Gasteiger partial charge >= 0.3 is 5.97 Å². The predicted octanol–water partition coefficient (Wildman–Crippen LogP) is 3.86. The number of rotatable bonds is 8. The number of thiazole rings is 1. The molecule has 190 valence electrons. The molecule has 0 N–H and O–H groups in total. The first kappa shape index (κ1) is 26.3. The number of carbonyl (C=O) groups is 1. The van der Waals surface area contributed by atoms with Gasteiger partial charge in [0.1, 0.15) is 6.61 Å². The van der Waals surface area contributed by atoms with Crippen LogP contribution in [0.2, 0.25) is 5.02 Å². The van der Waals surface area contributed by atoms with Crippen LogP contribution >= 0.6 is 22.9 Å². The lowest BCUT2D eigenvalue weighted by atomic mass is 9.96. The van der Waals surface area contributed by atoms with Crippen LogP contribution in [-0.2, 0) is 9.53 Å². The van der Waals surface area contributed by atoms with Crippen molar-refractivity contribution in [2.45, 2.75) is 26.8 Å². The van der Waals surface area contributed by atoms with E-state index in [-0.39, 0.29) is 18.8 Å². The molecule has 1 aliphatic heterocycles. The zero-order chi connectivity index (χ0) is 26.5. The Balaban J connectivity index is 1.87. The van der Waals surface area contributed by atoms with Crippen LogP contribution in [0.1, 0.15) is 37.9 Å². The number of ether oxygens (including phenoxy) is 3. The number of carbonyl (C=O) groups excluding carboxylic acids is 1. The van der Waals surface area contributed by atoms with Gasteiger partial charge in [-0.3, -0.25) is 9.36 Å². The number of aromatic nitrogens is 1. The number of benzene rings is 2. The monoisotopic (exact) mass is 536 g/mol. The standard InChI is InChI=1S/C28H25ClN2O5S/c1-5-14-36-21-13-8-18(15-22(21)34-6-2)16-23-26(32)31-25(19-9-11-20(29)12-10-19)24(27(33)35-7-3)17(4)30-28(31)37-23/h1,8-13,15-16,25H,6-7,14H2,2-4H3/b23-16-/t25-/m1/s1. The minimum absolute atomic E-state index is 0.116. The highest BCUT2D eigenvalue weighted by atomic mass is 35.5. The molecule has 0 amide bonds. The summed E-state index contributed by atoms with van der Waals surface area (Å²) in [5, 5.41) is 0.550. The number of nitrogens with zero attached hydrogens (tertiary/aromatic N) is 2. The molecule has 4 rings (SSSR count). The number of terminal acetylenes is 1. The fourth-order valence-corrected chi connectivity index (χ4v) is 5.20. The Hall–Kier alpha value is -3.80. The zero-order valence-corrected chi connectivity index (χ0v) is 22.2. The van der Waals surface area contributed by atoms with E-state index in [2.05, 4.69) is 10.9 Å². The molecular formula is C28H25ClN2O5S. The molecule has 0 saturated carbocycles. The summed E-state index contributed by atoms with van der Waals surface area (Å²) in [7, 11) is 0. The van der Waals surface area contributed by atoms with E-state index in [9.17, 15) is 9.59 Å². The first-order valence-electron chi connectivity index (χ1n) is 11.7. The van der Waals surface area contributed by atoms with E-state index in [1.807, 2.05) is 13.0 Å². The Morgan fingerprint density at radius 1 is 1.16 bits per heavy atom. The Bertz CT molecular complexity index is 1580. The Morgan fingerprint density at radius 2 is 1.92 bits per heavy atom. The average molecular weight is 537 g/mol. The van der Waals surface area contributed by atoms with Crippen molar-refractivity contribution >= 4 is 35.0 Å². The second-order valence-electron chi connectivity index (χ2n) is 7.99. The lowest BCUT2D eigenvalue weighted by Crippen LogP contribution is -2.39. The molecule has 9 heteroatoms. The molecule has 3 aromatic rings. The van der Waals surface area contributed by atoms with E-state index in [1.54, 1.807) is 56.3 Å². The van der Waals surface area contributed by atoms with Crippen LogP contribution in [0.3, 0.4) is 0 Å². The van der Waals surface area contributed by atoms with Crippen molar-refractivity contribution in [2.24, 2.45) is 4.99 Å². The maximum absolute atomic E-state index is 13.7. The van der Waals surface area contributed by atoms with Crippen molar-refractivity contribution < 1.29 is 19.0 Å². The lowest BCUT2D eigenvalue weighted by Gasteiger charge is -2.24. The molecule has 2 aromatic carbocycles. The summed E-state index contributed by atoms with van der Waals surface area (Å²) in [5.74, 6) is 2.97. The zero-order valence-electron chi connectivity index (χ0n) is 20.6. The summed E-state index contributed by atoms with van der Waals surface area (Å²) in [4.78, 5) is 31.8. The van der Waals surface area contributed by atoms with Crippen molar-refractivity contribution in [1.82, 2.24) is 4.57 Å². The second-order valence-corrected chi connectivity index (χ2v) is 9.43. The molecule has 7 nitrogen and oxygen atoms in total. The summed E-state index contributed by atoms with van der Waals surface area (Å²) < 4.78 is 18.6. The molecule has 0 unspecified atom stereocenters. The number of hydrogen-bond acceptors (Lipinski definition) is 7. The third kappa shape index (κ3) is 5.48. The normalized spacial score (nSPS) is 15.0. The van der Waals surface area contributed by atoms with Crippen LogP contribution < -0.4 is 24.4 Å². The van der Waals surface area contributed by atoms with Crippen molar-refractivity contribution in [3.8, 4) is 23.8 Å². The van der Waals surface area contributed by atoms with Crippen LogP contribution in [-0.4, -0.2) is 30.4 Å². The number of fused-ring (bicyclic) bond motifs is 1. The number of allylic oxidation sites excluding steroid dienone is 1. The largest absolute Gasteiger partial charge is 0.490 e. The van der Waals surface area contributed by atoms with Crippen molar-refractivity contribution in [2.75, 3.05) is 19.8 Å². The van der Waals surface area contributed by atoms with Crippen LogP contribution in [0.4, 0.5) is 0 Å². The topological polar surface area (TPSA) is 79.1 Å². The highest BCUT2D eigenvalue weighted by Gasteiger charge is 2.33. The molecule has 0 radical (unpaired) electrons. The van der Waals surface area contributed by atoms with Gasteiger partial charge in [0.2, 0.25) is 0 Å². The SMILES string of the molecule is C#CCOc1ccc(/C=c2\sc3n(c2=O)[C@H](c2ccc(Cl)cc2)C(C(=O)OCC)=C(C)N=3)cc1OCC. The highest BCUT2D eigenvalue weighted by molar-refractivity contribution is 7.07. The van der Waals surface area contributed by atoms with Crippen molar-refractivity contribution in [1.29, 1.82) is 0 Å². The van der Waals surface area contributed by atoms with Gasteiger partial charge in [-0.05, 0) is 62.2 Å². The van der Waals surface area contributed by atoms with Gasteiger partial charge in [0.05, 0.1) is 35.1 Å². The lowest BCUT2D eigenvalue weighted by molar-refractivity contribution is -0.139. The van der Waals surface area contributed by atoms with Gasteiger partial charge in [0, 0.05) is 5.02 Å². The van der Waals surface area contributed by atoms with Gasteiger partial charge in [-0.15, -0.1) is 6.42 Å². The van der Waals surface area contributed by atoms with Gasteiger partial charge in [-0.2, -0.15) is 0 Å². The molecule has 2 heterocycles. The maximum Gasteiger partial charge on any atom is 0.338 e. The minimum atomic E-state index is -0.701. The van der Waals surface area contributed by atoms with Gasteiger partial charge < -0.3 is 14.2 Å². The van der Waals surface area contributed by atoms with E-state index < -0.39 is 12.0 Å². The smallest absolute Gasteiger partial charge is 0.338 e. The van der Waals surface area contributed by atoms with Gasteiger partial charge in [0.25, 0.3) is 5.56 Å². The van der Waals surface area contributed by atoms with E-state index in [1.165, 1.54) is 15.9 Å². The predicted molar refractivity (Wildman–Crippen MR) is 144 cm³/mol.